The molecule has 0 fully saturated rings. The second-order valence-corrected chi connectivity index (χ2v) is 7.71. The molecule has 0 atom stereocenters. The summed E-state index contributed by atoms with van der Waals surface area (Å²) in [6.45, 7) is 0. The quantitative estimate of drug-likeness (QED) is 0.261. The zero-order valence-electron chi connectivity index (χ0n) is 12.6. The van der Waals surface area contributed by atoms with Gasteiger partial charge in [-0.25, -0.2) is 5.43 Å². The van der Waals surface area contributed by atoms with Crippen molar-refractivity contribution in [2.45, 2.75) is 4.90 Å². The number of rotatable bonds is 6. The van der Waals surface area contributed by atoms with Gasteiger partial charge in [0.1, 0.15) is 11.5 Å². The number of hydrogen-bond donors (Lipinski definition) is 2. The monoisotopic (exact) mass is 520 g/mol. The number of phenolic OH excluding ortho intramolecular Hbond substituents is 1. The first kappa shape index (κ1) is 19.1. The third kappa shape index (κ3) is 5.67. The molecule has 0 spiro atoms. The smallest absolute Gasteiger partial charge is 0.250 e. The Morgan fingerprint density at radius 3 is 2.79 bits per heavy atom. The number of methoxy groups -OCH3 is 1. The first-order valence-electron chi connectivity index (χ1n) is 6.76. The molecular formula is C16H14BrIN2O3S. The minimum Gasteiger partial charge on any atom is -0.506 e. The predicted molar refractivity (Wildman–Crippen MR) is 108 cm³/mol. The number of aromatic hydroxyl groups is 1. The van der Waals surface area contributed by atoms with E-state index in [4.69, 9.17) is 4.74 Å². The highest BCUT2D eigenvalue weighted by Crippen LogP contribution is 2.27. The summed E-state index contributed by atoms with van der Waals surface area (Å²) >= 11 is 6.78. The maximum absolute atomic E-state index is 11.8. The number of ether oxygens (including phenoxy) is 1. The minimum absolute atomic E-state index is 0.129. The van der Waals surface area contributed by atoms with Gasteiger partial charge in [0.05, 0.1) is 22.6 Å². The van der Waals surface area contributed by atoms with Gasteiger partial charge >= 0.3 is 0 Å². The summed E-state index contributed by atoms with van der Waals surface area (Å²) in [6.07, 6.45) is 1.41. The van der Waals surface area contributed by atoms with Crippen LogP contribution in [0.2, 0.25) is 0 Å². The molecular weight excluding hydrogens is 507 g/mol. The molecule has 5 nitrogen and oxygen atoms in total. The highest BCUT2D eigenvalue weighted by Gasteiger charge is 2.06. The number of nitrogens with zero attached hydrogens (tertiary/aromatic N) is 1. The van der Waals surface area contributed by atoms with Crippen molar-refractivity contribution in [3.63, 3.8) is 0 Å². The van der Waals surface area contributed by atoms with Gasteiger partial charge in [0.15, 0.2) is 0 Å². The van der Waals surface area contributed by atoms with Gasteiger partial charge in [-0.3, -0.25) is 4.79 Å². The topological polar surface area (TPSA) is 70.9 Å². The summed E-state index contributed by atoms with van der Waals surface area (Å²) in [7, 11) is 1.61. The van der Waals surface area contributed by atoms with Crippen LogP contribution in [-0.2, 0) is 4.79 Å². The number of hydrogen-bond acceptors (Lipinski definition) is 5. The lowest BCUT2D eigenvalue weighted by Crippen LogP contribution is -2.19. The van der Waals surface area contributed by atoms with Crippen molar-refractivity contribution in [3.05, 3.63) is 50.0 Å². The van der Waals surface area contributed by atoms with Crippen molar-refractivity contribution < 1.29 is 14.6 Å². The van der Waals surface area contributed by atoms with E-state index in [1.54, 1.807) is 19.2 Å². The zero-order valence-corrected chi connectivity index (χ0v) is 17.2. The molecule has 126 valence electrons. The molecule has 0 aliphatic rings. The predicted octanol–water partition coefficient (Wildman–Crippen LogP) is 4.01. The number of nitrogens with one attached hydrogen (secondary N) is 1. The van der Waals surface area contributed by atoms with E-state index < -0.39 is 0 Å². The molecule has 0 saturated carbocycles. The van der Waals surface area contributed by atoms with E-state index >= 15 is 0 Å². The fourth-order valence-corrected chi connectivity index (χ4v) is 3.95. The highest BCUT2D eigenvalue weighted by molar-refractivity contribution is 14.1. The maximum Gasteiger partial charge on any atom is 0.250 e. The van der Waals surface area contributed by atoms with Crippen molar-refractivity contribution in [2.24, 2.45) is 5.10 Å². The third-order valence-electron chi connectivity index (χ3n) is 2.88. The number of carbonyl (C=O) groups excluding carboxylic acids is 1. The van der Waals surface area contributed by atoms with E-state index in [0.29, 0.717) is 9.13 Å². The molecule has 0 aliphatic carbocycles. The van der Waals surface area contributed by atoms with E-state index in [1.165, 1.54) is 18.0 Å². The van der Waals surface area contributed by atoms with Gasteiger partial charge < -0.3 is 9.84 Å². The molecule has 0 radical (unpaired) electrons. The number of carbonyl (C=O) groups is 1. The van der Waals surface area contributed by atoms with Gasteiger partial charge in [-0.1, -0.05) is 15.9 Å². The van der Waals surface area contributed by atoms with Crippen LogP contribution < -0.4 is 10.2 Å². The van der Waals surface area contributed by atoms with Gasteiger partial charge in [-0.15, -0.1) is 11.8 Å². The molecule has 0 aromatic heterocycles. The lowest BCUT2D eigenvalue weighted by atomic mass is 10.2. The van der Waals surface area contributed by atoms with Crippen LogP contribution in [0.1, 0.15) is 5.56 Å². The Kier molecular flexibility index (Phi) is 7.38. The summed E-state index contributed by atoms with van der Waals surface area (Å²) in [5.74, 6) is 0.920. The second kappa shape index (κ2) is 9.28. The summed E-state index contributed by atoms with van der Waals surface area (Å²) in [5, 5.41) is 13.8. The van der Waals surface area contributed by atoms with Crippen LogP contribution in [0.3, 0.4) is 0 Å². The van der Waals surface area contributed by atoms with Crippen LogP contribution in [0.4, 0.5) is 0 Å². The number of benzene rings is 2. The molecule has 24 heavy (non-hydrogen) atoms. The van der Waals surface area contributed by atoms with Crippen molar-refractivity contribution in [3.8, 4) is 11.5 Å². The molecule has 0 unspecified atom stereocenters. The Bertz CT molecular complexity index is 754. The van der Waals surface area contributed by atoms with Crippen LogP contribution in [-0.4, -0.2) is 30.1 Å². The molecule has 2 rings (SSSR count). The van der Waals surface area contributed by atoms with Crippen LogP contribution in [0.15, 0.2) is 50.9 Å². The van der Waals surface area contributed by atoms with Gasteiger partial charge in [-0.2, -0.15) is 5.10 Å². The number of phenols is 1. The average molecular weight is 521 g/mol. The van der Waals surface area contributed by atoms with Gasteiger partial charge in [0.25, 0.3) is 0 Å². The number of hydrazone groups is 1. The molecule has 0 saturated heterocycles. The molecule has 0 bridgehead atoms. The van der Waals surface area contributed by atoms with Crippen molar-refractivity contribution in [2.75, 3.05) is 12.9 Å². The molecule has 8 heteroatoms. The van der Waals surface area contributed by atoms with E-state index in [2.05, 4.69) is 26.5 Å². The summed E-state index contributed by atoms with van der Waals surface area (Å²) in [6, 6.07) is 11.0. The summed E-state index contributed by atoms with van der Waals surface area (Å²) in [4.78, 5) is 12.8. The normalized spacial score (nSPS) is 10.8. The number of thioether (sulfide) groups is 1. The number of halogens is 2. The lowest BCUT2D eigenvalue weighted by molar-refractivity contribution is -0.118. The van der Waals surface area contributed by atoms with E-state index in [9.17, 15) is 9.90 Å². The van der Waals surface area contributed by atoms with E-state index in [0.717, 1.165) is 15.1 Å². The average Bonchev–Trinajstić information content (AvgIpc) is 2.57. The molecule has 0 aliphatic heterocycles. The van der Waals surface area contributed by atoms with E-state index in [-0.39, 0.29) is 17.4 Å². The fourth-order valence-electron chi connectivity index (χ4n) is 1.71. The Morgan fingerprint density at radius 2 is 2.12 bits per heavy atom. The number of amides is 1. The second-order valence-electron chi connectivity index (χ2n) is 4.58. The van der Waals surface area contributed by atoms with Crippen LogP contribution in [0, 0.1) is 3.57 Å². The molecule has 2 N–H and O–H groups in total. The first-order chi connectivity index (χ1) is 11.5. The summed E-state index contributed by atoms with van der Waals surface area (Å²) in [5.41, 5.74) is 2.97. The van der Waals surface area contributed by atoms with Crippen molar-refractivity contribution >= 4 is 62.4 Å². The van der Waals surface area contributed by atoms with Crippen LogP contribution in [0.5, 0.6) is 11.5 Å². The largest absolute Gasteiger partial charge is 0.506 e. The molecule has 2 aromatic carbocycles. The molecule has 2 aromatic rings. The molecule has 0 heterocycles. The third-order valence-corrected chi connectivity index (χ3v) is 5.17. The van der Waals surface area contributed by atoms with Gasteiger partial charge in [0, 0.05) is 14.9 Å². The first-order valence-corrected chi connectivity index (χ1v) is 9.62. The lowest BCUT2D eigenvalue weighted by Gasteiger charge is -2.04. The van der Waals surface area contributed by atoms with Crippen LogP contribution >= 0.6 is 50.3 Å². The van der Waals surface area contributed by atoms with Crippen molar-refractivity contribution in [1.82, 2.24) is 5.43 Å². The summed E-state index contributed by atoms with van der Waals surface area (Å²) < 4.78 is 6.61. The Morgan fingerprint density at radius 1 is 1.42 bits per heavy atom. The zero-order chi connectivity index (χ0) is 17.5. The minimum atomic E-state index is -0.226. The standard InChI is InChI=1S/C16H14BrIN2O3S/c1-23-12-2-4-13(5-3-12)24-9-15(21)20-19-8-10-6-11(17)7-14(18)16(10)22/h2-8,22H,9H2,1H3,(H,20,21)/b19-8+. The van der Waals surface area contributed by atoms with E-state index in [1.807, 2.05) is 46.9 Å². The van der Waals surface area contributed by atoms with Gasteiger partial charge in [-0.05, 0) is 59.0 Å². The highest BCUT2D eigenvalue weighted by atomic mass is 127. The maximum atomic E-state index is 11.8. The Balaban J connectivity index is 1.86. The van der Waals surface area contributed by atoms with Gasteiger partial charge in [0.2, 0.25) is 5.91 Å². The van der Waals surface area contributed by atoms with Crippen molar-refractivity contribution in [1.29, 1.82) is 0 Å². The fraction of sp³-hybridized carbons (Fsp3) is 0.125. The van der Waals surface area contributed by atoms with Crippen LogP contribution in [0.25, 0.3) is 0 Å². The Labute approximate surface area is 166 Å². The Hall–Kier alpha value is -1.26. The SMILES string of the molecule is COc1ccc(SCC(=O)N/N=C/c2cc(Br)cc(I)c2O)cc1. The molecule has 1 amide bonds.